The second kappa shape index (κ2) is 5.11. The average Bonchev–Trinajstić information content (AvgIpc) is 3.18. The van der Waals surface area contributed by atoms with E-state index in [1.165, 1.54) is 0 Å². The fourth-order valence-corrected chi connectivity index (χ4v) is 2.67. The van der Waals surface area contributed by atoms with Gasteiger partial charge in [-0.25, -0.2) is 0 Å². The number of nitrogens with zero attached hydrogens (tertiary/aromatic N) is 1. The summed E-state index contributed by atoms with van der Waals surface area (Å²) in [6.45, 7) is 3.30. The van der Waals surface area contributed by atoms with Crippen LogP contribution in [0.25, 0.3) is 0 Å². The van der Waals surface area contributed by atoms with Crippen LogP contribution in [0.3, 0.4) is 0 Å². The van der Waals surface area contributed by atoms with Crippen molar-refractivity contribution in [2.75, 3.05) is 19.6 Å². The molecule has 18 heavy (non-hydrogen) atoms. The number of likely N-dealkylation sites (N-methyl/N-ethyl adjacent to an activating group) is 1. The summed E-state index contributed by atoms with van der Waals surface area (Å²) in [4.78, 5) is 14.6. The Labute approximate surface area is 112 Å². The lowest BCUT2D eigenvalue weighted by Gasteiger charge is -2.26. The Balaban J connectivity index is 2.41. The van der Waals surface area contributed by atoms with Crippen molar-refractivity contribution in [3.05, 3.63) is 35.9 Å². The Morgan fingerprint density at radius 3 is 2.50 bits per heavy atom. The fourth-order valence-electron chi connectivity index (χ4n) is 2.67. The van der Waals surface area contributed by atoms with Gasteiger partial charge in [0.05, 0.1) is 5.41 Å². The topological polar surface area (TPSA) is 46.3 Å². The van der Waals surface area contributed by atoms with Crippen molar-refractivity contribution < 1.29 is 7.54 Å². The van der Waals surface area contributed by atoms with Crippen LogP contribution in [-0.2, 0) is 10.2 Å². The van der Waals surface area contributed by atoms with E-state index in [1.54, 1.807) is 4.90 Å². The van der Waals surface area contributed by atoms with Crippen LogP contribution < -0.4 is 5.73 Å². The predicted molar refractivity (Wildman–Crippen MR) is 73.2 cm³/mol. The quantitative estimate of drug-likeness (QED) is 0.863. The predicted octanol–water partition coefficient (Wildman–Crippen LogP) is 1.77. The maximum absolute atomic E-state index is 12.9. The zero-order valence-electron chi connectivity index (χ0n) is 13.0. The highest BCUT2D eigenvalue weighted by Crippen LogP contribution is 2.54. The summed E-state index contributed by atoms with van der Waals surface area (Å²) < 4.78 is 15.6. The van der Waals surface area contributed by atoms with E-state index in [9.17, 15) is 4.79 Å². The van der Waals surface area contributed by atoms with Gasteiger partial charge in [-0.05, 0) is 38.2 Å². The molecule has 2 rings (SSSR count). The molecule has 0 saturated heterocycles. The number of benzene rings is 1. The zero-order valence-corrected chi connectivity index (χ0v) is 11.0. The first kappa shape index (κ1) is 10.6. The van der Waals surface area contributed by atoms with Gasteiger partial charge in [0.25, 0.3) is 0 Å². The van der Waals surface area contributed by atoms with Gasteiger partial charge in [-0.1, -0.05) is 30.3 Å². The van der Waals surface area contributed by atoms with Crippen LogP contribution in [0.1, 0.15) is 28.6 Å². The minimum absolute atomic E-state index is 0.00646. The highest BCUT2D eigenvalue weighted by Gasteiger charge is 2.61. The van der Waals surface area contributed by atoms with Gasteiger partial charge < -0.3 is 10.6 Å². The summed E-state index contributed by atoms with van der Waals surface area (Å²) in [7, 11) is 0. The number of hydrogen-bond donors (Lipinski definition) is 1. The fraction of sp³-hybridized carbons (Fsp3) is 0.533. The van der Waals surface area contributed by atoms with Crippen molar-refractivity contribution >= 4 is 5.91 Å². The molecule has 1 aromatic rings. The summed E-state index contributed by atoms with van der Waals surface area (Å²) in [5.41, 5.74) is 5.72. The Morgan fingerprint density at radius 2 is 2.06 bits per heavy atom. The van der Waals surface area contributed by atoms with Crippen LogP contribution >= 0.6 is 0 Å². The first-order valence-electron chi connectivity index (χ1n) is 7.51. The Kier molecular flexibility index (Phi) is 3.00. The normalized spacial score (nSPS) is 28.3. The summed E-state index contributed by atoms with van der Waals surface area (Å²) >= 11 is 0. The van der Waals surface area contributed by atoms with Crippen LogP contribution in [-0.4, -0.2) is 30.4 Å². The molecule has 3 heteroatoms. The number of rotatable bonds is 5. The van der Waals surface area contributed by atoms with E-state index in [2.05, 4.69) is 0 Å². The third-order valence-electron chi connectivity index (χ3n) is 3.88. The van der Waals surface area contributed by atoms with Gasteiger partial charge in [-0.3, -0.25) is 4.79 Å². The molecular weight excluding hydrogens is 224 g/mol. The SMILES string of the molecule is [2H]C([2H])(N)[C@@H]1C[C@@]1(C(=O)N(CC)CC)c1ccccc1. The van der Waals surface area contributed by atoms with Gasteiger partial charge in [-0.15, -0.1) is 0 Å². The number of amides is 1. The molecule has 2 atom stereocenters. The van der Waals surface area contributed by atoms with Crippen molar-refractivity contribution in [2.45, 2.75) is 25.7 Å². The Morgan fingerprint density at radius 1 is 1.44 bits per heavy atom. The molecule has 1 aliphatic rings. The van der Waals surface area contributed by atoms with E-state index >= 15 is 0 Å². The maximum atomic E-state index is 12.9. The van der Waals surface area contributed by atoms with Gasteiger partial charge in [0.2, 0.25) is 5.91 Å². The lowest BCUT2D eigenvalue weighted by atomic mass is 9.91. The van der Waals surface area contributed by atoms with Crippen molar-refractivity contribution in [1.29, 1.82) is 0 Å². The molecule has 1 fully saturated rings. The van der Waals surface area contributed by atoms with Crippen LogP contribution in [0.5, 0.6) is 0 Å². The summed E-state index contributed by atoms with van der Waals surface area (Å²) in [6, 6.07) is 9.45. The van der Waals surface area contributed by atoms with E-state index in [0.29, 0.717) is 19.5 Å². The van der Waals surface area contributed by atoms with E-state index < -0.39 is 17.8 Å². The molecule has 0 spiro atoms. The third-order valence-corrected chi connectivity index (χ3v) is 3.88. The standard InChI is InChI=1S/C15H22N2O/c1-3-17(4-2)14(18)15(10-13(15)11-16)12-8-6-5-7-9-12/h5-9,13H,3-4,10-11,16H2,1-2H3/t13-,15+/m0/s1/i11D2. The molecule has 2 N–H and O–H groups in total. The van der Waals surface area contributed by atoms with Crippen LogP contribution in [0.4, 0.5) is 0 Å². The lowest BCUT2D eigenvalue weighted by molar-refractivity contribution is -0.134. The molecule has 0 aromatic heterocycles. The maximum Gasteiger partial charge on any atom is 0.233 e. The monoisotopic (exact) mass is 248 g/mol. The molecule has 0 radical (unpaired) electrons. The van der Waals surface area contributed by atoms with Gasteiger partial charge in [0.1, 0.15) is 0 Å². The lowest BCUT2D eigenvalue weighted by Crippen LogP contribution is -2.40. The summed E-state index contributed by atoms with van der Waals surface area (Å²) in [5, 5.41) is 0. The minimum atomic E-state index is -1.83. The molecular formula is C15H22N2O. The van der Waals surface area contributed by atoms with E-state index in [4.69, 9.17) is 8.48 Å². The highest BCUT2D eigenvalue weighted by molar-refractivity contribution is 5.92. The molecule has 98 valence electrons. The average molecular weight is 248 g/mol. The van der Waals surface area contributed by atoms with Crippen LogP contribution in [0.15, 0.2) is 30.3 Å². The molecule has 1 amide bonds. The molecule has 1 aromatic carbocycles. The number of nitrogens with two attached hydrogens (primary N) is 1. The van der Waals surface area contributed by atoms with Crippen molar-refractivity contribution in [2.24, 2.45) is 11.7 Å². The molecule has 0 aliphatic heterocycles. The van der Waals surface area contributed by atoms with Gasteiger partial charge in [-0.2, -0.15) is 0 Å². The van der Waals surface area contributed by atoms with Crippen LogP contribution in [0, 0.1) is 5.92 Å². The molecule has 1 aliphatic carbocycles. The second-order valence-corrected chi connectivity index (χ2v) is 4.74. The van der Waals surface area contributed by atoms with E-state index in [1.807, 2.05) is 44.2 Å². The highest BCUT2D eigenvalue weighted by atomic mass is 16.2. The molecule has 0 unspecified atom stereocenters. The molecule has 3 nitrogen and oxygen atoms in total. The molecule has 0 heterocycles. The van der Waals surface area contributed by atoms with Gasteiger partial charge in [0, 0.05) is 15.8 Å². The summed E-state index contributed by atoms with van der Waals surface area (Å²) in [6.07, 6.45) is 0.482. The van der Waals surface area contributed by atoms with Crippen molar-refractivity contribution in [3.63, 3.8) is 0 Å². The van der Waals surface area contributed by atoms with Gasteiger partial charge in [0.15, 0.2) is 0 Å². The Bertz CT molecular complexity index is 482. The minimum Gasteiger partial charge on any atom is -0.342 e. The Hall–Kier alpha value is -1.35. The zero-order chi connectivity index (χ0) is 15.0. The van der Waals surface area contributed by atoms with Crippen molar-refractivity contribution in [3.8, 4) is 0 Å². The third kappa shape index (κ3) is 1.93. The van der Waals surface area contributed by atoms with E-state index in [-0.39, 0.29) is 5.91 Å². The van der Waals surface area contributed by atoms with Crippen molar-refractivity contribution in [1.82, 2.24) is 4.90 Å². The molecule has 1 saturated carbocycles. The number of carbonyl (C=O) groups excluding carboxylic acids is 1. The second-order valence-electron chi connectivity index (χ2n) is 4.74. The first-order valence-corrected chi connectivity index (χ1v) is 6.51. The van der Waals surface area contributed by atoms with Crippen LogP contribution in [0.2, 0.25) is 0 Å². The smallest absolute Gasteiger partial charge is 0.233 e. The first-order chi connectivity index (χ1) is 9.37. The summed E-state index contributed by atoms with van der Waals surface area (Å²) in [5.74, 6) is -0.460. The molecule has 0 bridgehead atoms. The van der Waals surface area contributed by atoms with Gasteiger partial charge >= 0.3 is 0 Å². The number of carbonyl (C=O) groups is 1. The number of hydrogen-bond acceptors (Lipinski definition) is 2. The largest absolute Gasteiger partial charge is 0.342 e. The van der Waals surface area contributed by atoms with E-state index in [0.717, 1.165) is 5.56 Å².